The van der Waals surface area contributed by atoms with E-state index in [0.717, 1.165) is 0 Å². The molecule has 1 aromatic rings. The number of rotatable bonds is 8. The standard InChI is InChI=1S/C12H18N4O4S/c1-3-16(8-10(2)6-13)21(19,20)11-7-14-15(9-11)5-4-12(17)18/h7,9-10H,3-5,8H2,1-2H3,(H,17,18). The Balaban J connectivity index is 2.91. The maximum Gasteiger partial charge on any atom is 0.305 e. The molecule has 1 heterocycles. The summed E-state index contributed by atoms with van der Waals surface area (Å²) in [5.41, 5.74) is 0. The smallest absolute Gasteiger partial charge is 0.305 e. The van der Waals surface area contributed by atoms with Crippen molar-refractivity contribution in [2.24, 2.45) is 5.92 Å². The minimum absolute atomic E-state index is 0.000112. The Morgan fingerprint density at radius 3 is 2.81 bits per heavy atom. The zero-order valence-electron chi connectivity index (χ0n) is 11.9. The van der Waals surface area contributed by atoms with Gasteiger partial charge in [0.25, 0.3) is 0 Å². The first-order valence-electron chi connectivity index (χ1n) is 6.45. The fourth-order valence-electron chi connectivity index (χ4n) is 1.70. The highest BCUT2D eigenvalue weighted by molar-refractivity contribution is 7.89. The number of aryl methyl sites for hydroxylation is 1. The third-order valence-electron chi connectivity index (χ3n) is 2.85. The number of carboxylic acid groups (broad SMARTS) is 1. The van der Waals surface area contributed by atoms with Gasteiger partial charge >= 0.3 is 5.97 Å². The lowest BCUT2D eigenvalue weighted by Crippen LogP contribution is -2.34. The third kappa shape index (κ3) is 4.54. The summed E-state index contributed by atoms with van der Waals surface area (Å²) < 4.78 is 27.3. The molecule has 116 valence electrons. The molecule has 1 rings (SSSR count). The number of aliphatic carboxylic acids is 1. The van der Waals surface area contributed by atoms with E-state index in [1.807, 2.05) is 6.07 Å². The molecule has 21 heavy (non-hydrogen) atoms. The zero-order chi connectivity index (χ0) is 16.0. The van der Waals surface area contributed by atoms with Crippen molar-refractivity contribution in [2.45, 2.75) is 31.7 Å². The van der Waals surface area contributed by atoms with E-state index in [9.17, 15) is 13.2 Å². The number of hydrogen-bond donors (Lipinski definition) is 1. The van der Waals surface area contributed by atoms with E-state index in [1.165, 1.54) is 21.4 Å². The van der Waals surface area contributed by atoms with Crippen LogP contribution in [0.3, 0.4) is 0 Å². The molecule has 0 radical (unpaired) electrons. The van der Waals surface area contributed by atoms with Gasteiger partial charge in [0.05, 0.1) is 31.1 Å². The van der Waals surface area contributed by atoms with Gasteiger partial charge in [0.2, 0.25) is 10.0 Å². The maximum absolute atomic E-state index is 12.4. The predicted octanol–water partition coefficient (Wildman–Crippen LogP) is 0.528. The molecular weight excluding hydrogens is 296 g/mol. The Bertz CT molecular complexity index is 632. The lowest BCUT2D eigenvalue weighted by Gasteiger charge is -2.20. The van der Waals surface area contributed by atoms with Crippen LogP contribution in [-0.4, -0.2) is 46.7 Å². The Labute approximate surface area is 123 Å². The topological polar surface area (TPSA) is 116 Å². The van der Waals surface area contributed by atoms with Crippen molar-refractivity contribution in [3.63, 3.8) is 0 Å². The van der Waals surface area contributed by atoms with Crippen molar-refractivity contribution >= 4 is 16.0 Å². The van der Waals surface area contributed by atoms with Crippen LogP contribution >= 0.6 is 0 Å². The Kier molecular flexibility index (Phi) is 5.87. The number of sulfonamides is 1. The third-order valence-corrected chi connectivity index (χ3v) is 4.75. The Morgan fingerprint density at radius 1 is 1.62 bits per heavy atom. The van der Waals surface area contributed by atoms with Gasteiger partial charge in [-0.3, -0.25) is 9.48 Å². The molecule has 1 N–H and O–H groups in total. The first-order valence-corrected chi connectivity index (χ1v) is 7.89. The summed E-state index contributed by atoms with van der Waals surface area (Å²) in [6, 6.07) is 2.00. The number of nitrogens with zero attached hydrogens (tertiary/aromatic N) is 4. The fourth-order valence-corrected chi connectivity index (χ4v) is 3.20. The van der Waals surface area contributed by atoms with Crippen LogP contribution in [0.1, 0.15) is 20.3 Å². The molecule has 0 fully saturated rings. The van der Waals surface area contributed by atoms with Crippen LogP contribution < -0.4 is 0 Å². The van der Waals surface area contributed by atoms with Crippen molar-refractivity contribution in [3.8, 4) is 6.07 Å². The molecule has 0 aliphatic carbocycles. The van der Waals surface area contributed by atoms with E-state index in [4.69, 9.17) is 10.4 Å². The van der Waals surface area contributed by atoms with Gasteiger partial charge in [-0.05, 0) is 6.92 Å². The molecule has 0 amide bonds. The average molecular weight is 314 g/mol. The van der Waals surface area contributed by atoms with Gasteiger partial charge in [-0.25, -0.2) is 8.42 Å². The Morgan fingerprint density at radius 2 is 2.29 bits per heavy atom. The van der Waals surface area contributed by atoms with Crippen LogP contribution in [0.4, 0.5) is 0 Å². The number of nitriles is 1. The van der Waals surface area contributed by atoms with Crippen LogP contribution in [0.25, 0.3) is 0 Å². The summed E-state index contributed by atoms with van der Waals surface area (Å²) >= 11 is 0. The molecule has 0 aliphatic rings. The SMILES string of the molecule is CCN(CC(C)C#N)S(=O)(=O)c1cnn(CCC(=O)O)c1. The highest BCUT2D eigenvalue weighted by Crippen LogP contribution is 2.16. The summed E-state index contributed by atoms with van der Waals surface area (Å²) in [5.74, 6) is -1.39. The lowest BCUT2D eigenvalue weighted by molar-refractivity contribution is -0.137. The second-order valence-electron chi connectivity index (χ2n) is 4.57. The molecule has 0 bridgehead atoms. The van der Waals surface area contributed by atoms with Crippen LogP contribution in [0, 0.1) is 17.2 Å². The van der Waals surface area contributed by atoms with Gasteiger partial charge < -0.3 is 5.11 Å². The van der Waals surface area contributed by atoms with Crippen LogP contribution in [0.5, 0.6) is 0 Å². The van der Waals surface area contributed by atoms with E-state index < -0.39 is 21.9 Å². The summed E-state index contributed by atoms with van der Waals surface area (Å²) in [4.78, 5) is 10.5. The van der Waals surface area contributed by atoms with Crippen molar-refractivity contribution in [3.05, 3.63) is 12.4 Å². The summed E-state index contributed by atoms with van der Waals surface area (Å²) in [5, 5.41) is 21.2. The van der Waals surface area contributed by atoms with Gasteiger partial charge in [0.1, 0.15) is 4.90 Å². The van der Waals surface area contributed by atoms with Crippen LogP contribution in [0.15, 0.2) is 17.3 Å². The van der Waals surface area contributed by atoms with Gasteiger partial charge in [-0.1, -0.05) is 6.92 Å². The molecule has 0 aromatic carbocycles. The van der Waals surface area contributed by atoms with E-state index in [2.05, 4.69) is 5.10 Å². The van der Waals surface area contributed by atoms with Crippen LogP contribution in [0.2, 0.25) is 0 Å². The molecule has 1 atom stereocenters. The number of aromatic nitrogens is 2. The average Bonchev–Trinajstić information content (AvgIpc) is 2.91. The lowest BCUT2D eigenvalue weighted by atomic mass is 10.2. The van der Waals surface area contributed by atoms with Crippen LogP contribution in [-0.2, 0) is 21.4 Å². The van der Waals surface area contributed by atoms with E-state index >= 15 is 0 Å². The molecule has 1 unspecified atom stereocenters. The van der Waals surface area contributed by atoms with Gasteiger partial charge in [0, 0.05) is 19.3 Å². The number of carbonyl (C=O) groups is 1. The summed E-state index contributed by atoms with van der Waals surface area (Å²) in [6.45, 7) is 3.79. The first kappa shape index (κ1) is 17.1. The minimum atomic E-state index is -3.72. The van der Waals surface area contributed by atoms with E-state index in [1.54, 1.807) is 13.8 Å². The largest absolute Gasteiger partial charge is 0.481 e. The molecule has 0 aliphatic heterocycles. The summed E-state index contributed by atoms with van der Waals surface area (Å²) in [7, 11) is -3.72. The summed E-state index contributed by atoms with van der Waals surface area (Å²) in [6.07, 6.45) is 2.36. The molecule has 0 saturated carbocycles. The second kappa shape index (κ2) is 7.19. The molecule has 1 aromatic heterocycles. The second-order valence-corrected chi connectivity index (χ2v) is 6.51. The maximum atomic E-state index is 12.4. The first-order chi connectivity index (χ1) is 9.81. The van der Waals surface area contributed by atoms with Gasteiger partial charge in [0.15, 0.2) is 0 Å². The van der Waals surface area contributed by atoms with Gasteiger partial charge in [-0.15, -0.1) is 0 Å². The normalized spacial score (nSPS) is 13.0. The van der Waals surface area contributed by atoms with Gasteiger partial charge in [-0.2, -0.15) is 14.7 Å². The van der Waals surface area contributed by atoms with Crippen molar-refractivity contribution in [1.82, 2.24) is 14.1 Å². The number of hydrogen-bond acceptors (Lipinski definition) is 5. The number of carboxylic acids is 1. The molecule has 9 heteroatoms. The highest BCUT2D eigenvalue weighted by Gasteiger charge is 2.26. The molecular formula is C12H18N4O4S. The zero-order valence-corrected chi connectivity index (χ0v) is 12.7. The predicted molar refractivity (Wildman–Crippen MR) is 73.7 cm³/mol. The van der Waals surface area contributed by atoms with E-state index in [0.29, 0.717) is 0 Å². The van der Waals surface area contributed by atoms with E-state index in [-0.39, 0.29) is 31.0 Å². The quantitative estimate of drug-likeness (QED) is 0.748. The van der Waals surface area contributed by atoms with Crippen molar-refractivity contribution < 1.29 is 18.3 Å². The monoisotopic (exact) mass is 314 g/mol. The minimum Gasteiger partial charge on any atom is -0.481 e. The van der Waals surface area contributed by atoms with Crippen molar-refractivity contribution in [2.75, 3.05) is 13.1 Å². The molecule has 0 spiro atoms. The Hall–Kier alpha value is -1.92. The molecule has 8 nitrogen and oxygen atoms in total. The van der Waals surface area contributed by atoms with Crippen molar-refractivity contribution in [1.29, 1.82) is 5.26 Å². The highest BCUT2D eigenvalue weighted by atomic mass is 32.2. The molecule has 0 saturated heterocycles. The fraction of sp³-hybridized carbons (Fsp3) is 0.583.